The van der Waals surface area contributed by atoms with Crippen LogP contribution in [0.25, 0.3) is 0 Å². The number of nitrogens with zero attached hydrogens (tertiary/aromatic N) is 2. The number of carbonyl (C=O) groups excluding carboxylic acids is 1. The van der Waals surface area contributed by atoms with E-state index in [0.29, 0.717) is 26.1 Å². The van der Waals surface area contributed by atoms with E-state index in [0.717, 1.165) is 22.6 Å². The van der Waals surface area contributed by atoms with Crippen molar-refractivity contribution in [1.29, 1.82) is 0 Å². The minimum absolute atomic E-state index is 0.0222. The summed E-state index contributed by atoms with van der Waals surface area (Å²) >= 11 is 0. The highest BCUT2D eigenvalue weighted by Gasteiger charge is 2.17. The van der Waals surface area contributed by atoms with E-state index in [1.54, 1.807) is 17.3 Å². The molecule has 1 aliphatic rings. The minimum atomic E-state index is 0.0222. The lowest BCUT2D eigenvalue weighted by atomic mass is 10.1. The van der Waals surface area contributed by atoms with Crippen LogP contribution >= 0.6 is 0 Å². The average Bonchev–Trinajstić information content (AvgIpc) is 3.03. The predicted molar refractivity (Wildman–Crippen MR) is 84.7 cm³/mol. The van der Waals surface area contributed by atoms with Crippen LogP contribution in [0.4, 0.5) is 0 Å². The van der Waals surface area contributed by atoms with Crippen LogP contribution in [0, 0.1) is 0 Å². The van der Waals surface area contributed by atoms with Crippen molar-refractivity contribution in [2.75, 3.05) is 13.3 Å². The van der Waals surface area contributed by atoms with Gasteiger partial charge in [0.15, 0.2) is 11.5 Å². The van der Waals surface area contributed by atoms with Crippen molar-refractivity contribution >= 4 is 5.91 Å². The van der Waals surface area contributed by atoms with Gasteiger partial charge in [-0.05, 0) is 29.3 Å². The first-order valence-electron chi connectivity index (χ1n) is 7.51. The van der Waals surface area contributed by atoms with E-state index in [2.05, 4.69) is 4.98 Å². The van der Waals surface area contributed by atoms with Crippen molar-refractivity contribution in [2.45, 2.75) is 19.5 Å². The Morgan fingerprint density at radius 1 is 1.17 bits per heavy atom. The highest BCUT2D eigenvalue weighted by atomic mass is 16.7. The second kappa shape index (κ2) is 7.11. The Labute approximate surface area is 134 Å². The molecule has 0 fully saturated rings. The van der Waals surface area contributed by atoms with Crippen LogP contribution < -0.4 is 15.2 Å². The second-order valence-electron chi connectivity index (χ2n) is 5.34. The van der Waals surface area contributed by atoms with Crippen molar-refractivity contribution in [1.82, 2.24) is 9.88 Å². The summed E-state index contributed by atoms with van der Waals surface area (Å²) in [6.07, 6.45) is 3.81. The maximum Gasteiger partial charge on any atom is 0.231 e. The lowest BCUT2D eigenvalue weighted by Gasteiger charge is -2.23. The normalized spacial score (nSPS) is 12.2. The number of ether oxygens (including phenoxy) is 2. The fourth-order valence-corrected chi connectivity index (χ4v) is 2.49. The molecule has 3 rings (SSSR count). The van der Waals surface area contributed by atoms with E-state index in [4.69, 9.17) is 15.2 Å². The summed E-state index contributed by atoms with van der Waals surface area (Å²) < 4.78 is 10.7. The first-order chi connectivity index (χ1) is 11.3. The van der Waals surface area contributed by atoms with Gasteiger partial charge in [-0.3, -0.25) is 9.78 Å². The van der Waals surface area contributed by atoms with E-state index in [1.807, 2.05) is 30.3 Å². The lowest BCUT2D eigenvalue weighted by molar-refractivity contribution is -0.132. The Morgan fingerprint density at radius 3 is 2.78 bits per heavy atom. The average molecular weight is 313 g/mol. The molecule has 1 aliphatic heterocycles. The van der Waals surface area contributed by atoms with Gasteiger partial charge in [0.1, 0.15) is 0 Å². The summed E-state index contributed by atoms with van der Waals surface area (Å²) in [7, 11) is 0. The molecule has 2 heterocycles. The first kappa shape index (κ1) is 15.3. The predicted octanol–water partition coefficient (Wildman–Crippen LogP) is 1.69. The summed E-state index contributed by atoms with van der Waals surface area (Å²) in [6.45, 7) is 1.57. The van der Waals surface area contributed by atoms with Crippen LogP contribution in [-0.4, -0.2) is 29.1 Å². The molecule has 0 bridgehead atoms. The zero-order valence-electron chi connectivity index (χ0n) is 12.8. The number of amides is 1. The highest BCUT2D eigenvalue weighted by Crippen LogP contribution is 2.32. The fourth-order valence-electron chi connectivity index (χ4n) is 2.49. The van der Waals surface area contributed by atoms with E-state index >= 15 is 0 Å². The van der Waals surface area contributed by atoms with Crippen LogP contribution in [0.2, 0.25) is 0 Å². The Bertz CT molecular complexity index is 676. The molecule has 6 nitrogen and oxygen atoms in total. The van der Waals surface area contributed by atoms with Crippen LogP contribution in [-0.2, 0) is 17.9 Å². The fraction of sp³-hybridized carbons (Fsp3) is 0.294. The summed E-state index contributed by atoms with van der Waals surface area (Å²) in [5.74, 6) is 1.48. The van der Waals surface area contributed by atoms with Crippen LogP contribution in [0.3, 0.4) is 0 Å². The van der Waals surface area contributed by atoms with Gasteiger partial charge in [0.05, 0.1) is 0 Å². The van der Waals surface area contributed by atoms with Gasteiger partial charge in [-0.1, -0.05) is 12.1 Å². The molecule has 1 aromatic heterocycles. The van der Waals surface area contributed by atoms with Gasteiger partial charge in [0.25, 0.3) is 0 Å². The van der Waals surface area contributed by atoms with Gasteiger partial charge in [0.2, 0.25) is 12.7 Å². The number of benzene rings is 1. The zero-order chi connectivity index (χ0) is 16.1. The molecule has 6 heteroatoms. The van der Waals surface area contributed by atoms with Crippen molar-refractivity contribution in [3.63, 3.8) is 0 Å². The number of aromatic nitrogens is 1. The number of fused-ring (bicyclic) bond motifs is 1. The van der Waals surface area contributed by atoms with Gasteiger partial charge in [-0.25, -0.2) is 0 Å². The molecule has 0 radical (unpaired) electrons. The standard InChI is InChI=1S/C17H19N3O3/c18-6-5-17(21)20(11-14-2-1-7-19-9-14)10-13-3-4-15-16(8-13)23-12-22-15/h1-4,7-9H,5-6,10-12,18H2. The molecule has 0 unspecified atom stereocenters. The molecule has 0 spiro atoms. The largest absolute Gasteiger partial charge is 0.454 e. The highest BCUT2D eigenvalue weighted by molar-refractivity contribution is 5.76. The molecular weight excluding hydrogens is 294 g/mol. The maximum atomic E-state index is 12.4. The van der Waals surface area contributed by atoms with Crippen molar-refractivity contribution < 1.29 is 14.3 Å². The molecule has 120 valence electrons. The zero-order valence-corrected chi connectivity index (χ0v) is 12.8. The monoisotopic (exact) mass is 313 g/mol. The minimum Gasteiger partial charge on any atom is -0.454 e. The third-order valence-corrected chi connectivity index (χ3v) is 3.62. The molecular formula is C17H19N3O3. The van der Waals surface area contributed by atoms with Gasteiger partial charge < -0.3 is 20.1 Å². The second-order valence-corrected chi connectivity index (χ2v) is 5.34. The van der Waals surface area contributed by atoms with E-state index in [1.165, 1.54) is 0 Å². The quantitative estimate of drug-likeness (QED) is 0.878. The molecule has 0 aliphatic carbocycles. The smallest absolute Gasteiger partial charge is 0.231 e. The summed E-state index contributed by atoms with van der Waals surface area (Å²) in [6, 6.07) is 9.54. The molecule has 2 N–H and O–H groups in total. The molecule has 0 saturated heterocycles. The molecule has 2 aromatic rings. The Kier molecular flexibility index (Phi) is 4.73. The Hall–Kier alpha value is -2.60. The number of carbonyl (C=O) groups is 1. The number of nitrogens with two attached hydrogens (primary N) is 1. The number of hydrogen-bond acceptors (Lipinski definition) is 5. The summed E-state index contributed by atoms with van der Waals surface area (Å²) in [5.41, 5.74) is 7.51. The molecule has 0 atom stereocenters. The lowest BCUT2D eigenvalue weighted by Crippen LogP contribution is -2.31. The third kappa shape index (κ3) is 3.78. The number of pyridine rings is 1. The van der Waals surface area contributed by atoms with Gasteiger partial charge in [-0.15, -0.1) is 0 Å². The van der Waals surface area contributed by atoms with Crippen molar-refractivity contribution in [2.24, 2.45) is 5.73 Å². The Balaban J connectivity index is 1.76. The number of hydrogen-bond donors (Lipinski definition) is 1. The summed E-state index contributed by atoms with van der Waals surface area (Å²) in [5, 5.41) is 0. The van der Waals surface area contributed by atoms with Crippen LogP contribution in [0.1, 0.15) is 17.5 Å². The van der Waals surface area contributed by atoms with Gasteiger partial charge >= 0.3 is 0 Å². The van der Waals surface area contributed by atoms with Crippen LogP contribution in [0.15, 0.2) is 42.7 Å². The molecule has 1 amide bonds. The number of rotatable bonds is 6. The van der Waals surface area contributed by atoms with E-state index < -0.39 is 0 Å². The van der Waals surface area contributed by atoms with E-state index in [-0.39, 0.29) is 12.7 Å². The van der Waals surface area contributed by atoms with Crippen molar-refractivity contribution in [3.05, 3.63) is 53.9 Å². The van der Waals surface area contributed by atoms with Crippen molar-refractivity contribution in [3.8, 4) is 11.5 Å². The molecule has 1 aromatic carbocycles. The van der Waals surface area contributed by atoms with E-state index in [9.17, 15) is 4.79 Å². The first-order valence-corrected chi connectivity index (χ1v) is 7.51. The molecule has 0 saturated carbocycles. The maximum absolute atomic E-state index is 12.4. The van der Waals surface area contributed by atoms with Crippen LogP contribution in [0.5, 0.6) is 11.5 Å². The summed E-state index contributed by atoms with van der Waals surface area (Å²) in [4.78, 5) is 18.2. The third-order valence-electron chi connectivity index (χ3n) is 3.62. The Morgan fingerprint density at radius 2 is 2.00 bits per heavy atom. The SMILES string of the molecule is NCCC(=O)N(Cc1cccnc1)Cc1ccc2c(c1)OCO2. The topological polar surface area (TPSA) is 77.7 Å². The molecule has 23 heavy (non-hydrogen) atoms. The van der Waals surface area contributed by atoms with Gasteiger partial charge in [0, 0.05) is 38.4 Å². The van der Waals surface area contributed by atoms with Gasteiger partial charge in [-0.2, -0.15) is 0 Å².